The summed E-state index contributed by atoms with van der Waals surface area (Å²) < 4.78 is 0. The average Bonchev–Trinajstić information content (AvgIpc) is 2.49. The van der Waals surface area contributed by atoms with Crippen LogP contribution in [0.3, 0.4) is 0 Å². The molecule has 1 aliphatic rings. The van der Waals surface area contributed by atoms with Crippen LogP contribution in [0.25, 0.3) is 0 Å². The van der Waals surface area contributed by atoms with Gasteiger partial charge in [0.05, 0.1) is 17.1 Å². The van der Waals surface area contributed by atoms with Gasteiger partial charge in [-0.3, -0.25) is 14.6 Å². The van der Waals surface area contributed by atoms with E-state index in [1.807, 2.05) is 6.92 Å². The van der Waals surface area contributed by atoms with Gasteiger partial charge >= 0.3 is 0 Å². The van der Waals surface area contributed by atoms with E-state index in [-0.39, 0.29) is 24.3 Å². The quantitative estimate of drug-likeness (QED) is 0.670. The van der Waals surface area contributed by atoms with Crippen molar-refractivity contribution < 1.29 is 9.59 Å². The number of benzene rings is 1. The van der Waals surface area contributed by atoms with Gasteiger partial charge < -0.3 is 10.2 Å². The van der Waals surface area contributed by atoms with Crippen molar-refractivity contribution in [3.05, 3.63) is 18.2 Å². The van der Waals surface area contributed by atoms with Gasteiger partial charge in [0.2, 0.25) is 11.8 Å². The molecule has 1 heterocycles. The van der Waals surface area contributed by atoms with E-state index in [1.165, 1.54) is 6.92 Å². The summed E-state index contributed by atoms with van der Waals surface area (Å²) in [7, 11) is 3.54. The minimum atomic E-state index is -0.182. The number of anilines is 2. The third kappa shape index (κ3) is 3.36. The standard InChI is InChI=1S/C14H19N5O2/c1-9-7-14(21)15-12-8-11(16-17-18(3)4)5-6-13(12)19(9)10(2)20/h5-6,8-9H,7H2,1-4H3,(H,15,21). The first-order valence-electron chi connectivity index (χ1n) is 6.71. The average molecular weight is 289 g/mol. The Morgan fingerprint density at radius 2 is 2.14 bits per heavy atom. The van der Waals surface area contributed by atoms with Gasteiger partial charge in [-0.15, -0.1) is 5.11 Å². The lowest BCUT2D eigenvalue weighted by Crippen LogP contribution is -2.37. The maximum atomic E-state index is 11.9. The third-order valence-corrected chi connectivity index (χ3v) is 3.11. The number of carbonyl (C=O) groups excluding carboxylic acids is 2. The molecule has 0 spiro atoms. The highest BCUT2D eigenvalue weighted by atomic mass is 16.2. The van der Waals surface area contributed by atoms with E-state index in [0.29, 0.717) is 17.1 Å². The fourth-order valence-corrected chi connectivity index (χ4v) is 2.32. The summed E-state index contributed by atoms with van der Waals surface area (Å²) in [6, 6.07) is 5.08. The zero-order valence-electron chi connectivity index (χ0n) is 12.6. The zero-order valence-corrected chi connectivity index (χ0v) is 12.6. The molecule has 1 aliphatic heterocycles. The van der Waals surface area contributed by atoms with Gasteiger partial charge in [0.15, 0.2) is 0 Å². The van der Waals surface area contributed by atoms with E-state index in [4.69, 9.17) is 0 Å². The molecule has 112 valence electrons. The molecule has 0 fully saturated rings. The van der Waals surface area contributed by atoms with E-state index < -0.39 is 0 Å². The number of amides is 2. The molecular formula is C14H19N5O2. The van der Waals surface area contributed by atoms with Crippen LogP contribution in [0.4, 0.5) is 17.1 Å². The van der Waals surface area contributed by atoms with Gasteiger partial charge in [0.25, 0.3) is 0 Å². The Morgan fingerprint density at radius 3 is 2.76 bits per heavy atom. The van der Waals surface area contributed by atoms with Crippen molar-refractivity contribution in [2.75, 3.05) is 24.3 Å². The molecule has 1 N–H and O–H groups in total. The third-order valence-electron chi connectivity index (χ3n) is 3.11. The van der Waals surface area contributed by atoms with Crippen molar-refractivity contribution in [2.24, 2.45) is 10.3 Å². The first-order valence-corrected chi connectivity index (χ1v) is 6.71. The maximum Gasteiger partial charge on any atom is 0.226 e. The van der Waals surface area contributed by atoms with E-state index in [1.54, 1.807) is 42.2 Å². The fraction of sp³-hybridized carbons (Fsp3) is 0.429. The van der Waals surface area contributed by atoms with Gasteiger partial charge in [0.1, 0.15) is 0 Å². The zero-order chi connectivity index (χ0) is 15.6. The van der Waals surface area contributed by atoms with E-state index in [9.17, 15) is 9.59 Å². The van der Waals surface area contributed by atoms with Gasteiger partial charge in [-0.25, -0.2) is 0 Å². The van der Waals surface area contributed by atoms with Crippen molar-refractivity contribution in [2.45, 2.75) is 26.3 Å². The SMILES string of the molecule is CC(=O)N1c2ccc(N=NN(C)C)cc2NC(=O)CC1C. The topological polar surface area (TPSA) is 77.4 Å². The Balaban J connectivity index is 2.45. The molecule has 0 bridgehead atoms. The van der Waals surface area contributed by atoms with Gasteiger partial charge in [-0.1, -0.05) is 5.22 Å². The van der Waals surface area contributed by atoms with Crippen LogP contribution in [0.5, 0.6) is 0 Å². The van der Waals surface area contributed by atoms with Gasteiger partial charge in [-0.05, 0) is 25.1 Å². The van der Waals surface area contributed by atoms with Crippen molar-refractivity contribution in [3.63, 3.8) is 0 Å². The molecule has 1 aromatic rings. The molecule has 21 heavy (non-hydrogen) atoms. The second-order valence-electron chi connectivity index (χ2n) is 5.23. The molecule has 0 aliphatic carbocycles. The molecule has 7 heteroatoms. The van der Waals surface area contributed by atoms with Crippen LogP contribution in [-0.2, 0) is 9.59 Å². The molecule has 7 nitrogen and oxygen atoms in total. The number of nitrogens with zero attached hydrogens (tertiary/aromatic N) is 4. The number of carbonyl (C=O) groups is 2. The van der Waals surface area contributed by atoms with E-state index >= 15 is 0 Å². The molecule has 1 aromatic carbocycles. The van der Waals surface area contributed by atoms with Crippen LogP contribution < -0.4 is 10.2 Å². The lowest BCUT2D eigenvalue weighted by Gasteiger charge is -2.26. The number of hydrogen-bond acceptors (Lipinski definition) is 4. The second kappa shape index (κ2) is 5.90. The van der Waals surface area contributed by atoms with Crippen LogP contribution in [-0.4, -0.2) is 37.0 Å². The Kier molecular flexibility index (Phi) is 4.21. The molecule has 0 radical (unpaired) electrons. The van der Waals surface area contributed by atoms with E-state index in [2.05, 4.69) is 15.7 Å². The van der Waals surface area contributed by atoms with E-state index in [0.717, 1.165) is 0 Å². The number of hydrogen-bond donors (Lipinski definition) is 1. The Hall–Kier alpha value is -2.44. The smallest absolute Gasteiger partial charge is 0.226 e. The summed E-state index contributed by atoms with van der Waals surface area (Å²) in [6.07, 6.45) is 0.267. The summed E-state index contributed by atoms with van der Waals surface area (Å²) in [5, 5.41) is 12.4. The van der Waals surface area contributed by atoms with Crippen LogP contribution in [0.1, 0.15) is 20.3 Å². The summed E-state index contributed by atoms with van der Waals surface area (Å²) in [5.41, 5.74) is 1.88. The number of fused-ring (bicyclic) bond motifs is 1. The highest BCUT2D eigenvalue weighted by Crippen LogP contribution is 2.34. The summed E-state index contributed by atoms with van der Waals surface area (Å²) >= 11 is 0. The van der Waals surface area contributed by atoms with Crippen molar-refractivity contribution in [3.8, 4) is 0 Å². The Morgan fingerprint density at radius 1 is 1.43 bits per heavy atom. The lowest BCUT2D eigenvalue weighted by atomic mass is 10.1. The highest BCUT2D eigenvalue weighted by Gasteiger charge is 2.27. The largest absolute Gasteiger partial charge is 0.324 e. The number of nitrogens with one attached hydrogen (secondary N) is 1. The monoisotopic (exact) mass is 289 g/mol. The van der Waals surface area contributed by atoms with Crippen molar-refractivity contribution in [1.82, 2.24) is 5.01 Å². The summed E-state index contributed by atoms with van der Waals surface area (Å²) in [4.78, 5) is 25.4. The Bertz CT molecular complexity index is 597. The summed E-state index contributed by atoms with van der Waals surface area (Å²) in [5.74, 6) is -0.211. The molecule has 2 amide bonds. The molecule has 1 atom stereocenters. The first kappa shape index (κ1) is 15.0. The molecule has 0 saturated heterocycles. The predicted molar refractivity (Wildman–Crippen MR) is 80.5 cm³/mol. The van der Waals surface area contributed by atoms with Crippen molar-refractivity contribution in [1.29, 1.82) is 0 Å². The van der Waals surface area contributed by atoms with Gasteiger partial charge in [0, 0.05) is 33.5 Å². The molecule has 2 rings (SSSR count). The Labute approximate surface area is 123 Å². The lowest BCUT2D eigenvalue weighted by molar-refractivity contribution is -0.117. The normalized spacial score (nSPS) is 18.2. The predicted octanol–water partition coefficient (Wildman–Crippen LogP) is 2.33. The van der Waals surface area contributed by atoms with Crippen LogP contribution in [0.2, 0.25) is 0 Å². The molecule has 0 saturated carbocycles. The van der Waals surface area contributed by atoms with Crippen molar-refractivity contribution >= 4 is 28.9 Å². The second-order valence-corrected chi connectivity index (χ2v) is 5.23. The van der Waals surface area contributed by atoms with Crippen LogP contribution >= 0.6 is 0 Å². The summed E-state index contributed by atoms with van der Waals surface area (Å²) in [6.45, 7) is 3.35. The maximum absolute atomic E-state index is 11.9. The minimum Gasteiger partial charge on any atom is -0.324 e. The fourth-order valence-electron chi connectivity index (χ4n) is 2.32. The molecule has 0 aromatic heterocycles. The van der Waals surface area contributed by atoms with Crippen LogP contribution in [0, 0.1) is 0 Å². The molecule has 1 unspecified atom stereocenters. The van der Waals surface area contributed by atoms with Gasteiger partial charge in [-0.2, -0.15) is 0 Å². The highest BCUT2D eigenvalue weighted by molar-refractivity contribution is 6.04. The first-order chi connectivity index (χ1) is 9.88. The van der Waals surface area contributed by atoms with Crippen LogP contribution in [0.15, 0.2) is 28.5 Å². The minimum absolute atomic E-state index is 0.0945. The number of rotatable bonds is 2. The molecular weight excluding hydrogens is 270 g/mol.